The van der Waals surface area contributed by atoms with Gasteiger partial charge < -0.3 is 19.7 Å². The number of fused-ring (bicyclic) bond motifs is 2. The van der Waals surface area contributed by atoms with Gasteiger partial charge in [-0.15, -0.1) is 0 Å². The molecule has 0 amide bonds. The number of rotatable bonds is 4. The van der Waals surface area contributed by atoms with Crippen molar-refractivity contribution in [2.45, 2.75) is 40.5 Å². The Balaban J connectivity index is 2.39. The molecule has 0 unspecified atom stereocenters. The fourth-order valence-corrected chi connectivity index (χ4v) is 3.19. The number of phenols is 3. The van der Waals surface area contributed by atoms with Gasteiger partial charge in [0.05, 0.1) is 5.39 Å². The molecule has 0 radical (unpaired) electrons. The Hall–Kier alpha value is -3.21. The molecule has 146 valence electrons. The maximum Gasteiger partial charge on any atom is 0.204 e. The molecule has 0 aliphatic carbocycles. The van der Waals surface area contributed by atoms with E-state index in [1.807, 2.05) is 39.8 Å². The summed E-state index contributed by atoms with van der Waals surface area (Å²) >= 11 is 0. The molecule has 0 aliphatic heterocycles. The van der Waals surface area contributed by atoms with Gasteiger partial charge in [-0.25, -0.2) is 0 Å². The van der Waals surface area contributed by atoms with Crippen molar-refractivity contribution in [3.8, 4) is 17.2 Å². The molecule has 3 rings (SSSR count). The number of hydrogen-bond acceptors (Lipinski definition) is 5. The van der Waals surface area contributed by atoms with E-state index in [0.29, 0.717) is 17.6 Å². The van der Waals surface area contributed by atoms with Crippen LogP contribution in [0.3, 0.4) is 0 Å². The van der Waals surface area contributed by atoms with Crippen LogP contribution in [-0.2, 0) is 12.8 Å². The quantitative estimate of drug-likeness (QED) is 0.434. The minimum Gasteiger partial charge on any atom is -0.508 e. The molecule has 5 heteroatoms. The zero-order valence-corrected chi connectivity index (χ0v) is 16.5. The minimum absolute atomic E-state index is 0.000294. The topological polar surface area (TPSA) is 90.9 Å². The minimum atomic E-state index is -0.430. The maximum atomic E-state index is 13.3. The summed E-state index contributed by atoms with van der Waals surface area (Å²) in [4.78, 5) is 13.3. The molecule has 0 fully saturated rings. The average Bonchev–Trinajstić information content (AvgIpc) is 2.60. The van der Waals surface area contributed by atoms with Crippen LogP contribution in [0.2, 0.25) is 0 Å². The average molecular weight is 380 g/mol. The fraction of sp³-hybridized carbons (Fsp3) is 0.261. The molecule has 0 atom stereocenters. The highest BCUT2D eigenvalue weighted by molar-refractivity contribution is 5.97. The van der Waals surface area contributed by atoms with Gasteiger partial charge in [0, 0.05) is 17.2 Å². The molecular formula is C23H24O5. The molecule has 0 saturated carbocycles. The number of allylic oxidation sites excluding steroid dienone is 4. The van der Waals surface area contributed by atoms with Gasteiger partial charge in [-0.05, 0) is 52.7 Å². The first-order valence-corrected chi connectivity index (χ1v) is 9.12. The Labute approximate surface area is 162 Å². The summed E-state index contributed by atoms with van der Waals surface area (Å²) in [6.45, 7) is 7.69. The Morgan fingerprint density at radius 3 is 2.07 bits per heavy atom. The van der Waals surface area contributed by atoms with E-state index < -0.39 is 5.43 Å². The standard InChI is InChI=1S/C23H24O5/c1-12(2)5-7-14-16(24)9-10-18-20(14)23(27)21-19(28-18)11-17(25)15(22(21)26)8-6-13(3)4/h5-6,9-11,24-26H,7-8H2,1-4H3. The zero-order chi connectivity index (χ0) is 20.6. The summed E-state index contributed by atoms with van der Waals surface area (Å²) in [5.41, 5.74) is 2.77. The van der Waals surface area contributed by atoms with Gasteiger partial charge in [-0.3, -0.25) is 4.79 Å². The molecule has 1 heterocycles. The second-order valence-electron chi connectivity index (χ2n) is 7.43. The normalized spacial score (nSPS) is 11.0. The van der Waals surface area contributed by atoms with Crippen LogP contribution in [0, 0.1) is 0 Å². The number of benzene rings is 2. The molecule has 5 nitrogen and oxygen atoms in total. The first-order chi connectivity index (χ1) is 13.2. The van der Waals surface area contributed by atoms with Crippen LogP contribution in [-0.4, -0.2) is 15.3 Å². The number of phenolic OH excluding ortho intramolecular Hbond substituents is 3. The lowest BCUT2D eigenvalue weighted by Crippen LogP contribution is -2.07. The first-order valence-electron chi connectivity index (χ1n) is 9.12. The van der Waals surface area contributed by atoms with Gasteiger partial charge in [0.1, 0.15) is 33.8 Å². The van der Waals surface area contributed by atoms with Crippen LogP contribution in [0.1, 0.15) is 38.8 Å². The van der Waals surface area contributed by atoms with Crippen molar-refractivity contribution >= 4 is 21.9 Å². The summed E-state index contributed by atoms with van der Waals surface area (Å²) in [6, 6.07) is 4.35. The van der Waals surface area contributed by atoms with Crippen molar-refractivity contribution in [1.82, 2.24) is 0 Å². The Morgan fingerprint density at radius 2 is 1.46 bits per heavy atom. The molecule has 0 aliphatic rings. The van der Waals surface area contributed by atoms with E-state index in [2.05, 4.69) is 0 Å². The van der Waals surface area contributed by atoms with Crippen LogP contribution >= 0.6 is 0 Å². The first kappa shape index (κ1) is 19.5. The van der Waals surface area contributed by atoms with Crippen molar-refractivity contribution < 1.29 is 19.7 Å². The second-order valence-corrected chi connectivity index (χ2v) is 7.43. The predicted octanol–water partition coefficient (Wildman–Crippen LogP) is 5.08. The van der Waals surface area contributed by atoms with E-state index in [4.69, 9.17) is 4.42 Å². The molecule has 2 aromatic carbocycles. The van der Waals surface area contributed by atoms with Crippen LogP contribution in [0.4, 0.5) is 0 Å². The van der Waals surface area contributed by atoms with Crippen LogP contribution in [0.5, 0.6) is 17.2 Å². The molecule has 1 aromatic heterocycles. The van der Waals surface area contributed by atoms with Gasteiger partial charge in [0.15, 0.2) is 0 Å². The van der Waals surface area contributed by atoms with Crippen molar-refractivity contribution in [1.29, 1.82) is 0 Å². The molecule has 3 aromatic rings. The highest BCUT2D eigenvalue weighted by atomic mass is 16.3. The van der Waals surface area contributed by atoms with Gasteiger partial charge in [0.25, 0.3) is 0 Å². The Bertz CT molecular complexity index is 1190. The zero-order valence-electron chi connectivity index (χ0n) is 16.5. The number of aromatic hydroxyl groups is 3. The smallest absolute Gasteiger partial charge is 0.204 e. The van der Waals surface area contributed by atoms with E-state index >= 15 is 0 Å². The van der Waals surface area contributed by atoms with Gasteiger partial charge in [-0.1, -0.05) is 23.3 Å². The van der Waals surface area contributed by atoms with Gasteiger partial charge >= 0.3 is 0 Å². The van der Waals surface area contributed by atoms with Crippen LogP contribution < -0.4 is 5.43 Å². The molecule has 28 heavy (non-hydrogen) atoms. The second kappa shape index (κ2) is 7.43. The van der Waals surface area contributed by atoms with Crippen molar-refractivity contribution in [3.05, 3.63) is 62.8 Å². The van der Waals surface area contributed by atoms with Crippen LogP contribution in [0.15, 0.2) is 50.7 Å². The summed E-state index contributed by atoms with van der Waals surface area (Å²) in [7, 11) is 0. The lowest BCUT2D eigenvalue weighted by Gasteiger charge is -2.12. The van der Waals surface area contributed by atoms with Gasteiger partial charge in [-0.2, -0.15) is 0 Å². The highest BCUT2D eigenvalue weighted by Gasteiger charge is 2.20. The van der Waals surface area contributed by atoms with E-state index in [-0.39, 0.29) is 45.6 Å². The Kier molecular flexibility index (Phi) is 5.18. The third kappa shape index (κ3) is 3.48. The van der Waals surface area contributed by atoms with E-state index in [9.17, 15) is 20.1 Å². The lowest BCUT2D eigenvalue weighted by molar-refractivity contribution is 0.443. The molecule has 0 saturated heterocycles. The summed E-state index contributed by atoms with van der Waals surface area (Å²) in [5, 5.41) is 31.6. The van der Waals surface area contributed by atoms with Crippen molar-refractivity contribution in [2.75, 3.05) is 0 Å². The van der Waals surface area contributed by atoms with E-state index in [1.54, 1.807) is 0 Å². The summed E-state index contributed by atoms with van der Waals surface area (Å²) in [5.74, 6) is -0.423. The molecule has 0 bridgehead atoms. The molecular weight excluding hydrogens is 356 g/mol. The van der Waals surface area contributed by atoms with Crippen molar-refractivity contribution in [3.63, 3.8) is 0 Å². The summed E-state index contributed by atoms with van der Waals surface area (Å²) in [6.07, 6.45) is 4.42. The largest absolute Gasteiger partial charge is 0.508 e. The SMILES string of the molecule is CC(C)=CCc1c(O)cc2oc3ccc(O)c(CC=C(C)C)c3c(=O)c2c1O. The molecule has 3 N–H and O–H groups in total. The highest BCUT2D eigenvalue weighted by Crippen LogP contribution is 2.37. The molecule has 0 spiro atoms. The van der Waals surface area contributed by atoms with E-state index in [1.165, 1.54) is 18.2 Å². The monoisotopic (exact) mass is 380 g/mol. The van der Waals surface area contributed by atoms with Crippen molar-refractivity contribution in [2.24, 2.45) is 0 Å². The third-order valence-electron chi connectivity index (χ3n) is 4.70. The predicted molar refractivity (Wildman–Crippen MR) is 111 cm³/mol. The lowest BCUT2D eigenvalue weighted by atomic mass is 9.99. The van der Waals surface area contributed by atoms with Crippen LogP contribution in [0.25, 0.3) is 21.9 Å². The number of hydrogen-bond donors (Lipinski definition) is 3. The third-order valence-corrected chi connectivity index (χ3v) is 4.70. The fourth-order valence-electron chi connectivity index (χ4n) is 3.19. The maximum absolute atomic E-state index is 13.3. The summed E-state index contributed by atoms with van der Waals surface area (Å²) < 4.78 is 5.80. The van der Waals surface area contributed by atoms with E-state index in [0.717, 1.165) is 11.1 Å². The Morgan fingerprint density at radius 1 is 0.857 bits per heavy atom. The van der Waals surface area contributed by atoms with Gasteiger partial charge in [0.2, 0.25) is 5.43 Å².